The van der Waals surface area contributed by atoms with Gasteiger partial charge in [0.2, 0.25) is 5.22 Å². The van der Waals surface area contributed by atoms with Gasteiger partial charge in [-0.05, 0) is 29.8 Å². The highest BCUT2D eigenvalue weighted by Gasteiger charge is 2.24. The molecule has 2 aromatic heterocycles. The molecule has 0 radical (unpaired) electrons. The van der Waals surface area contributed by atoms with Crippen LogP contribution in [-0.2, 0) is 6.54 Å². The maximum atomic E-state index is 12.2. The topological polar surface area (TPSA) is 49.8 Å². The predicted octanol–water partition coefficient (Wildman–Crippen LogP) is 2.48. The van der Waals surface area contributed by atoms with Gasteiger partial charge in [0.05, 0.1) is 24.6 Å². The van der Waals surface area contributed by atoms with Gasteiger partial charge in [-0.2, -0.15) is 0 Å². The van der Waals surface area contributed by atoms with E-state index in [0.717, 1.165) is 25.4 Å². The van der Waals surface area contributed by atoms with E-state index in [9.17, 15) is 4.79 Å². The van der Waals surface area contributed by atoms with Crippen molar-refractivity contribution in [3.63, 3.8) is 0 Å². The standard InChI is InChI=1S/C14H15ClN2O3/c15-13-12(3-9-20-13)14(18)17-6-4-16(5-7-17)10-11-2-1-8-19-11/h1-3,8-9H,4-7,10H2. The van der Waals surface area contributed by atoms with Crippen LogP contribution in [0.2, 0.25) is 5.22 Å². The average molecular weight is 295 g/mol. The summed E-state index contributed by atoms with van der Waals surface area (Å²) >= 11 is 5.84. The molecule has 0 N–H and O–H groups in total. The summed E-state index contributed by atoms with van der Waals surface area (Å²) in [6.45, 7) is 3.79. The second-order valence-electron chi connectivity index (χ2n) is 4.76. The summed E-state index contributed by atoms with van der Waals surface area (Å²) in [5, 5.41) is 0.160. The molecule has 0 bridgehead atoms. The first-order chi connectivity index (χ1) is 9.74. The van der Waals surface area contributed by atoms with E-state index in [4.69, 9.17) is 20.4 Å². The Balaban J connectivity index is 1.56. The normalized spacial score (nSPS) is 16.6. The second kappa shape index (κ2) is 5.73. The Hall–Kier alpha value is -1.72. The highest BCUT2D eigenvalue weighted by Crippen LogP contribution is 2.19. The molecule has 106 valence electrons. The van der Waals surface area contributed by atoms with Crippen molar-refractivity contribution in [2.24, 2.45) is 0 Å². The fourth-order valence-corrected chi connectivity index (χ4v) is 2.54. The highest BCUT2D eigenvalue weighted by atomic mass is 35.5. The number of furan rings is 2. The molecule has 1 saturated heterocycles. The van der Waals surface area contributed by atoms with E-state index in [1.165, 1.54) is 6.26 Å². The molecule has 0 atom stereocenters. The number of hydrogen-bond donors (Lipinski definition) is 0. The third-order valence-corrected chi connectivity index (χ3v) is 3.76. The zero-order valence-electron chi connectivity index (χ0n) is 10.9. The predicted molar refractivity (Wildman–Crippen MR) is 73.6 cm³/mol. The molecule has 0 aromatic carbocycles. The maximum absolute atomic E-state index is 12.2. The third kappa shape index (κ3) is 2.73. The number of hydrogen-bond acceptors (Lipinski definition) is 4. The van der Waals surface area contributed by atoms with Gasteiger partial charge in [-0.3, -0.25) is 9.69 Å². The minimum Gasteiger partial charge on any atom is -0.468 e. The van der Waals surface area contributed by atoms with Gasteiger partial charge in [0.1, 0.15) is 5.76 Å². The molecule has 1 aliphatic rings. The maximum Gasteiger partial charge on any atom is 0.258 e. The van der Waals surface area contributed by atoms with E-state index in [-0.39, 0.29) is 11.1 Å². The van der Waals surface area contributed by atoms with Crippen molar-refractivity contribution in [1.82, 2.24) is 9.80 Å². The van der Waals surface area contributed by atoms with Crippen LogP contribution in [0.25, 0.3) is 0 Å². The molecule has 0 aliphatic carbocycles. The SMILES string of the molecule is O=C(c1ccoc1Cl)N1CCN(Cc2ccco2)CC1. The molecule has 6 heteroatoms. The molecular weight excluding hydrogens is 280 g/mol. The van der Waals surface area contributed by atoms with Gasteiger partial charge in [0.25, 0.3) is 5.91 Å². The van der Waals surface area contributed by atoms with Gasteiger partial charge >= 0.3 is 0 Å². The largest absolute Gasteiger partial charge is 0.468 e. The molecule has 0 spiro atoms. The Bertz CT molecular complexity index is 571. The van der Waals surface area contributed by atoms with Gasteiger partial charge in [0, 0.05) is 26.2 Å². The van der Waals surface area contributed by atoms with Gasteiger partial charge < -0.3 is 13.7 Å². The zero-order valence-corrected chi connectivity index (χ0v) is 11.7. The summed E-state index contributed by atoms with van der Waals surface area (Å²) in [6.07, 6.45) is 3.11. The summed E-state index contributed by atoms with van der Waals surface area (Å²) < 4.78 is 10.3. The van der Waals surface area contributed by atoms with E-state index in [2.05, 4.69) is 4.90 Å². The first-order valence-corrected chi connectivity index (χ1v) is 6.89. The molecule has 1 amide bonds. The van der Waals surface area contributed by atoms with Crippen LogP contribution < -0.4 is 0 Å². The van der Waals surface area contributed by atoms with Gasteiger partial charge in [0.15, 0.2) is 0 Å². The highest BCUT2D eigenvalue weighted by molar-refractivity contribution is 6.32. The van der Waals surface area contributed by atoms with Crippen LogP contribution >= 0.6 is 11.6 Å². The van der Waals surface area contributed by atoms with Crippen molar-refractivity contribution >= 4 is 17.5 Å². The molecule has 2 aromatic rings. The van der Waals surface area contributed by atoms with Gasteiger partial charge in [-0.1, -0.05) is 0 Å². The van der Waals surface area contributed by atoms with Crippen LogP contribution in [0.4, 0.5) is 0 Å². The molecule has 3 rings (SSSR count). The number of carbonyl (C=O) groups excluding carboxylic acids is 1. The third-order valence-electron chi connectivity index (χ3n) is 3.47. The molecule has 0 unspecified atom stereocenters. The lowest BCUT2D eigenvalue weighted by Crippen LogP contribution is -2.48. The van der Waals surface area contributed by atoms with Crippen LogP contribution in [-0.4, -0.2) is 41.9 Å². The minimum absolute atomic E-state index is 0.0681. The smallest absolute Gasteiger partial charge is 0.258 e. The number of carbonyl (C=O) groups is 1. The Kier molecular flexibility index (Phi) is 3.80. The molecular formula is C14H15ClN2O3. The molecule has 20 heavy (non-hydrogen) atoms. The number of halogens is 1. The van der Waals surface area contributed by atoms with Gasteiger partial charge in [-0.15, -0.1) is 0 Å². The van der Waals surface area contributed by atoms with Crippen LogP contribution in [0.1, 0.15) is 16.1 Å². The fourth-order valence-electron chi connectivity index (χ4n) is 2.35. The van der Waals surface area contributed by atoms with Crippen LogP contribution in [0, 0.1) is 0 Å². The van der Waals surface area contributed by atoms with E-state index >= 15 is 0 Å². The van der Waals surface area contributed by atoms with Crippen molar-refractivity contribution < 1.29 is 13.6 Å². The Morgan fingerprint density at radius 2 is 1.95 bits per heavy atom. The van der Waals surface area contributed by atoms with Crippen molar-refractivity contribution in [3.8, 4) is 0 Å². The van der Waals surface area contributed by atoms with Gasteiger partial charge in [-0.25, -0.2) is 0 Å². The fraction of sp³-hybridized carbons (Fsp3) is 0.357. The van der Waals surface area contributed by atoms with E-state index in [0.29, 0.717) is 18.7 Å². The lowest BCUT2D eigenvalue weighted by molar-refractivity contribution is 0.0620. The average Bonchev–Trinajstić information content (AvgIpc) is 3.10. The van der Waals surface area contributed by atoms with Crippen molar-refractivity contribution in [2.45, 2.75) is 6.54 Å². The Morgan fingerprint density at radius 1 is 1.15 bits per heavy atom. The van der Waals surface area contributed by atoms with Crippen LogP contribution in [0.3, 0.4) is 0 Å². The number of nitrogens with zero attached hydrogens (tertiary/aromatic N) is 2. The summed E-state index contributed by atoms with van der Waals surface area (Å²) in [5.41, 5.74) is 0.436. The quantitative estimate of drug-likeness (QED) is 0.873. The minimum atomic E-state index is -0.0681. The van der Waals surface area contributed by atoms with E-state index in [1.54, 1.807) is 17.2 Å². The monoisotopic (exact) mass is 294 g/mol. The summed E-state index contributed by atoms with van der Waals surface area (Å²) in [5.74, 6) is 0.879. The van der Waals surface area contributed by atoms with Crippen LogP contribution in [0.15, 0.2) is 39.6 Å². The molecule has 0 saturated carbocycles. The van der Waals surface area contributed by atoms with Crippen molar-refractivity contribution in [3.05, 3.63) is 47.3 Å². The molecule has 3 heterocycles. The van der Waals surface area contributed by atoms with E-state index in [1.807, 2.05) is 12.1 Å². The van der Waals surface area contributed by atoms with E-state index < -0.39 is 0 Å². The number of rotatable bonds is 3. The van der Waals surface area contributed by atoms with Crippen LogP contribution in [0.5, 0.6) is 0 Å². The Morgan fingerprint density at radius 3 is 2.55 bits per heavy atom. The lowest BCUT2D eigenvalue weighted by Gasteiger charge is -2.34. The van der Waals surface area contributed by atoms with Crippen molar-refractivity contribution in [2.75, 3.05) is 26.2 Å². The van der Waals surface area contributed by atoms with Crippen molar-refractivity contribution in [1.29, 1.82) is 0 Å². The number of amides is 1. The summed E-state index contributed by atoms with van der Waals surface area (Å²) in [4.78, 5) is 16.3. The molecule has 1 aliphatic heterocycles. The first kappa shape index (κ1) is 13.3. The first-order valence-electron chi connectivity index (χ1n) is 6.51. The second-order valence-corrected chi connectivity index (χ2v) is 5.10. The Labute approximate surface area is 121 Å². The lowest BCUT2D eigenvalue weighted by atomic mass is 10.2. The summed E-state index contributed by atoms with van der Waals surface area (Å²) in [7, 11) is 0. The zero-order chi connectivity index (χ0) is 13.9. The molecule has 1 fully saturated rings. The summed E-state index contributed by atoms with van der Waals surface area (Å²) in [6, 6.07) is 5.46. The molecule has 5 nitrogen and oxygen atoms in total. The number of piperazine rings is 1.